The summed E-state index contributed by atoms with van der Waals surface area (Å²) in [7, 11) is 5.02. The molecule has 2 radical (unpaired) electrons. The van der Waals surface area contributed by atoms with Crippen LogP contribution in [0.25, 0.3) is 0 Å². The first-order valence-corrected chi connectivity index (χ1v) is 3.49. The topological polar surface area (TPSA) is 12.0 Å². The fourth-order valence-corrected chi connectivity index (χ4v) is 0.934. The molecular formula is C8H7ClFN. The summed E-state index contributed by atoms with van der Waals surface area (Å²) in [6.07, 6.45) is 0. The normalized spacial score (nSPS) is 10.1. The van der Waals surface area contributed by atoms with Crippen molar-refractivity contribution < 1.29 is 4.39 Å². The van der Waals surface area contributed by atoms with Gasteiger partial charge in [-0.3, -0.25) is 0 Å². The Bertz CT molecular complexity index is 250. The van der Waals surface area contributed by atoms with Crippen molar-refractivity contribution in [1.82, 2.24) is 5.32 Å². The average Bonchev–Trinajstić information content (AvgIpc) is 1.95. The van der Waals surface area contributed by atoms with Crippen molar-refractivity contribution in [3.63, 3.8) is 0 Å². The van der Waals surface area contributed by atoms with E-state index in [2.05, 4.69) is 5.32 Å². The average molecular weight is 172 g/mol. The minimum atomic E-state index is -0.338. The molecule has 0 fully saturated rings. The molecule has 0 aliphatic carbocycles. The zero-order chi connectivity index (χ0) is 8.27. The van der Waals surface area contributed by atoms with Crippen molar-refractivity contribution in [2.24, 2.45) is 0 Å². The van der Waals surface area contributed by atoms with Crippen molar-refractivity contribution in [2.45, 2.75) is 6.54 Å². The molecule has 0 saturated heterocycles. The summed E-state index contributed by atoms with van der Waals surface area (Å²) in [6, 6.07) is 4.48. The minimum Gasteiger partial charge on any atom is -0.307 e. The number of hydrogen-bond acceptors (Lipinski definition) is 1. The Balaban J connectivity index is 2.90. The van der Waals surface area contributed by atoms with Gasteiger partial charge in [0.1, 0.15) is 5.82 Å². The molecule has 0 aliphatic heterocycles. The van der Waals surface area contributed by atoms with Gasteiger partial charge < -0.3 is 5.32 Å². The largest absolute Gasteiger partial charge is 0.307 e. The monoisotopic (exact) mass is 171 g/mol. The van der Waals surface area contributed by atoms with Crippen molar-refractivity contribution in [3.05, 3.63) is 41.7 Å². The number of hydrogen-bond donors (Lipinski definition) is 1. The zero-order valence-electron chi connectivity index (χ0n) is 5.77. The predicted molar refractivity (Wildman–Crippen MR) is 42.5 cm³/mol. The second-order valence-electron chi connectivity index (χ2n) is 2.12. The summed E-state index contributed by atoms with van der Waals surface area (Å²) in [5.74, 6) is -0.338. The molecule has 0 atom stereocenters. The van der Waals surface area contributed by atoms with E-state index in [-0.39, 0.29) is 5.82 Å². The summed E-state index contributed by atoms with van der Waals surface area (Å²) in [5.41, 5.74) is 0.511. The van der Waals surface area contributed by atoms with Crippen LogP contribution in [0.15, 0.2) is 18.2 Å². The number of nitrogens with one attached hydrogen (secondary N) is 1. The molecule has 0 saturated carbocycles. The van der Waals surface area contributed by atoms with E-state index >= 15 is 0 Å². The molecule has 0 amide bonds. The Morgan fingerprint density at radius 3 is 2.82 bits per heavy atom. The van der Waals surface area contributed by atoms with E-state index in [0.717, 1.165) is 0 Å². The summed E-state index contributed by atoms with van der Waals surface area (Å²) >= 11 is 5.53. The molecule has 0 heterocycles. The lowest BCUT2D eigenvalue weighted by molar-refractivity contribution is 0.604. The third-order valence-corrected chi connectivity index (χ3v) is 1.54. The van der Waals surface area contributed by atoms with Gasteiger partial charge >= 0.3 is 0 Å². The van der Waals surface area contributed by atoms with Gasteiger partial charge in [-0.25, -0.2) is 4.39 Å². The molecule has 11 heavy (non-hydrogen) atoms. The summed E-state index contributed by atoms with van der Waals surface area (Å²) in [4.78, 5) is 0. The van der Waals surface area contributed by atoms with Gasteiger partial charge in [-0.05, 0) is 12.1 Å². The summed E-state index contributed by atoms with van der Waals surface area (Å²) in [5, 5.41) is 2.75. The van der Waals surface area contributed by atoms with E-state index < -0.39 is 0 Å². The van der Waals surface area contributed by atoms with Crippen LogP contribution >= 0.6 is 11.6 Å². The van der Waals surface area contributed by atoms with E-state index in [9.17, 15) is 4.39 Å². The fourth-order valence-electron chi connectivity index (χ4n) is 0.775. The van der Waals surface area contributed by atoms with Gasteiger partial charge in [0, 0.05) is 24.2 Å². The third-order valence-electron chi connectivity index (χ3n) is 1.31. The van der Waals surface area contributed by atoms with Crippen LogP contribution in [0, 0.1) is 12.9 Å². The Labute approximate surface area is 70.2 Å². The van der Waals surface area contributed by atoms with E-state index in [4.69, 9.17) is 18.6 Å². The fraction of sp³-hybridized carbons (Fsp3) is 0.125. The summed E-state index contributed by atoms with van der Waals surface area (Å²) in [6.45, 7) is 0.309. The first-order chi connectivity index (χ1) is 5.24. The first kappa shape index (κ1) is 8.50. The van der Waals surface area contributed by atoms with Crippen LogP contribution in [0.3, 0.4) is 0 Å². The van der Waals surface area contributed by atoms with Gasteiger partial charge in [0.25, 0.3) is 0 Å². The van der Waals surface area contributed by atoms with Gasteiger partial charge in [0.15, 0.2) is 0 Å². The molecule has 1 rings (SSSR count). The molecule has 1 aromatic rings. The highest BCUT2D eigenvalue weighted by atomic mass is 35.5. The van der Waals surface area contributed by atoms with Crippen molar-refractivity contribution in [2.75, 3.05) is 0 Å². The van der Waals surface area contributed by atoms with Crippen molar-refractivity contribution in [1.29, 1.82) is 0 Å². The minimum absolute atomic E-state index is 0.309. The molecule has 0 unspecified atom stereocenters. The molecule has 58 valence electrons. The molecule has 1 nitrogen and oxygen atoms in total. The highest BCUT2D eigenvalue weighted by Gasteiger charge is 2.00. The lowest BCUT2D eigenvalue weighted by Gasteiger charge is -2.00. The quantitative estimate of drug-likeness (QED) is 0.673. The van der Waals surface area contributed by atoms with E-state index in [0.29, 0.717) is 17.1 Å². The van der Waals surface area contributed by atoms with Crippen LogP contribution in [0.5, 0.6) is 0 Å². The molecule has 0 aromatic heterocycles. The standard InChI is InChI=1S/C8H7ClFN/c1-11-5-6-2-3-7(9)4-8(6)10/h1-4,11H,5H2. The second-order valence-corrected chi connectivity index (χ2v) is 2.55. The Morgan fingerprint density at radius 2 is 2.27 bits per heavy atom. The summed E-state index contributed by atoms with van der Waals surface area (Å²) < 4.78 is 12.9. The molecule has 1 aromatic carbocycles. The highest BCUT2D eigenvalue weighted by molar-refractivity contribution is 6.30. The van der Waals surface area contributed by atoms with Crippen molar-refractivity contribution >= 4 is 11.6 Å². The molecule has 0 spiro atoms. The lowest BCUT2D eigenvalue weighted by atomic mass is 10.2. The van der Waals surface area contributed by atoms with Crippen LogP contribution in [-0.2, 0) is 6.54 Å². The van der Waals surface area contributed by atoms with Gasteiger partial charge in [-0.1, -0.05) is 17.7 Å². The third kappa shape index (κ3) is 2.17. The van der Waals surface area contributed by atoms with Crippen LogP contribution in [-0.4, -0.2) is 0 Å². The van der Waals surface area contributed by atoms with E-state index in [1.165, 1.54) is 6.07 Å². The number of benzene rings is 1. The van der Waals surface area contributed by atoms with Gasteiger partial charge in [-0.15, -0.1) is 0 Å². The van der Waals surface area contributed by atoms with Crippen LogP contribution in [0.1, 0.15) is 5.56 Å². The molecule has 1 N–H and O–H groups in total. The molecule has 0 aliphatic rings. The highest BCUT2D eigenvalue weighted by Crippen LogP contribution is 2.13. The maximum absolute atomic E-state index is 12.9. The van der Waals surface area contributed by atoms with Crippen LogP contribution in [0.4, 0.5) is 4.39 Å². The van der Waals surface area contributed by atoms with E-state index in [1.54, 1.807) is 12.1 Å². The van der Waals surface area contributed by atoms with Gasteiger partial charge in [0.2, 0.25) is 0 Å². The van der Waals surface area contributed by atoms with Gasteiger partial charge in [-0.2, -0.15) is 0 Å². The van der Waals surface area contributed by atoms with Crippen molar-refractivity contribution in [3.8, 4) is 0 Å². The Kier molecular flexibility index (Phi) is 2.85. The van der Waals surface area contributed by atoms with Gasteiger partial charge in [0.05, 0.1) is 0 Å². The smallest absolute Gasteiger partial charge is 0.129 e. The molecule has 0 bridgehead atoms. The van der Waals surface area contributed by atoms with Crippen LogP contribution < -0.4 is 5.32 Å². The lowest BCUT2D eigenvalue weighted by Crippen LogP contribution is -2.03. The Morgan fingerprint density at radius 1 is 1.55 bits per heavy atom. The Hall–Kier alpha value is -0.600. The van der Waals surface area contributed by atoms with Crippen LogP contribution in [0.2, 0.25) is 5.02 Å². The number of rotatable bonds is 2. The SMILES string of the molecule is [CH]NCc1ccc(Cl)cc1F. The predicted octanol–water partition coefficient (Wildman–Crippen LogP) is 2.24. The molecule has 3 heteroatoms. The number of halogens is 2. The maximum Gasteiger partial charge on any atom is 0.129 e. The maximum atomic E-state index is 12.9. The first-order valence-electron chi connectivity index (χ1n) is 3.11. The molecular weight excluding hydrogens is 165 g/mol. The zero-order valence-corrected chi connectivity index (χ0v) is 6.53. The second kappa shape index (κ2) is 3.69. The van der Waals surface area contributed by atoms with E-state index in [1.807, 2.05) is 0 Å².